The molecule has 8 heteroatoms. The van der Waals surface area contributed by atoms with Crippen molar-refractivity contribution in [2.45, 2.75) is 37.2 Å². The minimum Gasteiger partial charge on any atom is -0.480 e. The molecule has 0 saturated heterocycles. The Hall–Kier alpha value is -3.78. The molecule has 0 aliphatic carbocycles. The number of benzene rings is 3. The third-order valence-electron chi connectivity index (χ3n) is 5.43. The van der Waals surface area contributed by atoms with Gasteiger partial charge in [-0.05, 0) is 37.5 Å². The van der Waals surface area contributed by atoms with Crippen molar-refractivity contribution in [3.63, 3.8) is 0 Å². The first kappa shape index (κ1) is 27.8. The molecule has 3 rings (SSSR count). The summed E-state index contributed by atoms with van der Waals surface area (Å²) in [6, 6.07) is 28.8. The number of rotatable bonds is 10. The van der Waals surface area contributed by atoms with Crippen molar-refractivity contribution in [2.24, 2.45) is 0 Å². The first-order valence-electron chi connectivity index (χ1n) is 11.9. The van der Waals surface area contributed by atoms with Crippen LogP contribution >= 0.6 is 11.8 Å². The molecule has 0 aliphatic rings. The fraction of sp³-hybridized carbons (Fsp3) is 0.276. The van der Waals surface area contributed by atoms with Gasteiger partial charge in [0.05, 0.1) is 4.75 Å². The van der Waals surface area contributed by atoms with E-state index < -0.39 is 40.9 Å². The molecule has 0 aromatic heterocycles. The Bertz CT molecular complexity index is 1080. The van der Waals surface area contributed by atoms with Crippen LogP contribution in [0.15, 0.2) is 91.0 Å². The number of alkyl carbamates (subject to hydrolysis) is 1. The summed E-state index contributed by atoms with van der Waals surface area (Å²) in [4.78, 5) is 36.7. The van der Waals surface area contributed by atoms with Gasteiger partial charge in [0.1, 0.15) is 18.2 Å². The molecule has 0 fully saturated rings. The fourth-order valence-electron chi connectivity index (χ4n) is 3.90. The van der Waals surface area contributed by atoms with E-state index in [0.29, 0.717) is 0 Å². The van der Waals surface area contributed by atoms with Crippen LogP contribution in [-0.4, -0.2) is 47.0 Å². The van der Waals surface area contributed by atoms with Crippen LogP contribution in [0.4, 0.5) is 4.79 Å². The monoisotopic (exact) mass is 520 g/mol. The topological polar surface area (TPSA) is 105 Å². The zero-order chi connectivity index (χ0) is 26.9. The second-order valence-electron chi connectivity index (χ2n) is 9.40. The van der Waals surface area contributed by atoms with E-state index >= 15 is 0 Å². The van der Waals surface area contributed by atoms with Crippen molar-refractivity contribution < 1.29 is 24.2 Å². The molecule has 0 spiro atoms. The average Bonchev–Trinajstić information content (AvgIpc) is 2.87. The maximum Gasteiger partial charge on any atom is 0.408 e. The normalized spacial score (nSPS) is 12.3. The number of carboxylic acid groups (broad SMARTS) is 1. The summed E-state index contributed by atoms with van der Waals surface area (Å²) in [7, 11) is 0. The quantitative estimate of drug-likeness (QED) is 0.332. The van der Waals surface area contributed by atoms with Crippen LogP contribution < -0.4 is 10.6 Å². The Kier molecular flexibility index (Phi) is 9.36. The molecule has 0 aliphatic heterocycles. The molecule has 3 aromatic rings. The van der Waals surface area contributed by atoms with E-state index in [1.54, 1.807) is 20.8 Å². The van der Waals surface area contributed by atoms with Crippen LogP contribution in [0.1, 0.15) is 37.5 Å². The molecule has 0 bridgehead atoms. The molecule has 3 N–H and O–H groups in total. The average molecular weight is 521 g/mol. The standard InChI is InChI=1S/C29H32N2O5S/c1-28(2,3)36-27(35)31-24(26(34)30-19-25(32)33)20-37-29(21-13-7-4-8-14-21,22-15-9-5-10-16-22)23-17-11-6-12-18-23/h4-18,24H,19-20H2,1-3H3,(H,30,34)(H,31,35)(H,32,33)/t24-/m1/s1. The summed E-state index contributed by atoms with van der Waals surface area (Å²) in [6.45, 7) is 4.63. The highest BCUT2D eigenvalue weighted by Gasteiger charge is 2.38. The van der Waals surface area contributed by atoms with Gasteiger partial charge in [-0.2, -0.15) is 0 Å². The summed E-state index contributed by atoms with van der Waals surface area (Å²) in [6.07, 6.45) is -0.756. The predicted molar refractivity (Wildman–Crippen MR) is 145 cm³/mol. The largest absolute Gasteiger partial charge is 0.480 e. The van der Waals surface area contributed by atoms with Gasteiger partial charge in [-0.15, -0.1) is 11.8 Å². The molecular weight excluding hydrogens is 488 g/mol. The minimum atomic E-state index is -1.18. The van der Waals surface area contributed by atoms with Gasteiger partial charge in [-0.1, -0.05) is 91.0 Å². The Morgan fingerprint density at radius 3 is 1.62 bits per heavy atom. The summed E-state index contributed by atoms with van der Waals surface area (Å²) in [5.41, 5.74) is 2.24. The summed E-state index contributed by atoms with van der Waals surface area (Å²) in [5, 5.41) is 14.1. The molecule has 7 nitrogen and oxygen atoms in total. The van der Waals surface area contributed by atoms with Crippen LogP contribution in [0, 0.1) is 0 Å². The van der Waals surface area contributed by atoms with E-state index in [1.165, 1.54) is 11.8 Å². The highest BCUT2D eigenvalue weighted by atomic mass is 32.2. The molecule has 0 unspecified atom stereocenters. The van der Waals surface area contributed by atoms with Crippen LogP contribution in [0.2, 0.25) is 0 Å². The second-order valence-corrected chi connectivity index (χ2v) is 10.6. The van der Waals surface area contributed by atoms with E-state index in [1.807, 2.05) is 91.0 Å². The number of thioether (sulfide) groups is 1. The van der Waals surface area contributed by atoms with Crippen LogP contribution in [0.3, 0.4) is 0 Å². The van der Waals surface area contributed by atoms with Crippen LogP contribution in [0.25, 0.3) is 0 Å². The highest BCUT2D eigenvalue weighted by molar-refractivity contribution is 8.00. The summed E-state index contributed by atoms with van der Waals surface area (Å²) < 4.78 is 4.66. The Morgan fingerprint density at radius 1 is 0.811 bits per heavy atom. The van der Waals surface area contributed by atoms with Gasteiger partial charge >= 0.3 is 12.1 Å². The van der Waals surface area contributed by atoms with Crippen molar-refractivity contribution in [1.82, 2.24) is 10.6 Å². The van der Waals surface area contributed by atoms with Gasteiger partial charge in [0.2, 0.25) is 5.91 Å². The molecule has 0 saturated carbocycles. The Balaban J connectivity index is 2.04. The first-order chi connectivity index (χ1) is 17.6. The first-order valence-corrected chi connectivity index (χ1v) is 12.9. The van der Waals surface area contributed by atoms with E-state index in [9.17, 15) is 14.4 Å². The molecule has 3 aromatic carbocycles. The smallest absolute Gasteiger partial charge is 0.408 e. The highest BCUT2D eigenvalue weighted by Crippen LogP contribution is 2.48. The predicted octanol–water partition coefficient (Wildman–Crippen LogP) is 4.81. The van der Waals surface area contributed by atoms with Gasteiger partial charge in [-0.3, -0.25) is 9.59 Å². The lowest BCUT2D eigenvalue weighted by molar-refractivity contribution is -0.138. The third kappa shape index (κ3) is 7.60. The molecule has 37 heavy (non-hydrogen) atoms. The van der Waals surface area contributed by atoms with Gasteiger partial charge in [0.25, 0.3) is 0 Å². The van der Waals surface area contributed by atoms with Crippen LogP contribution in [0.5, 0.6) is 0 Å². The Labute approximate surface area is 221 Å². The zero-order valence-corrected chi connectivity index (χ0v) is 22.0. The lowest BCUT2D eigenvalue weighted by atomic mass is 9.84. The molecule has 0 heterocycles. The SMILES string of the molecule is CC(C)(C)OC(=O)N[C@H](CSC(c1ccccc1)(c1ccccc1)c1ccccc1)C(=O)NCC(=O)O. The number of aliphatic carboxylic acids is 1. The molecular formula is C29H32N2O5S. The van der Waals surface area contributed by atoms with Gasteiger partial charge in [0, 0.05) is 5.75 Å². The minimum absolute atomic E-state index is 0.142. The number of hydrogen-bond donors (Lipinski definition) is 3. The third-order valence-corrected chi connectivity index (χ3v) is 7.07. The van der Waals surface area contributed by atoms with Gasteiger partial charge in [0.15, 0.2) is 0 Å². The lowest BCUT2D eigenvalue weighted by Crippen LogP contribution is -2.51. The molecule has 0 radical (unpaired) electrons. The van der Waals surface area contributed by atoms with Gasteiger partial charge < -0.3 is 20.5 Å². The fourth-order valence-corrected chi connectivity index (χ4v) is 5.46. The maximum atomic E-state index is 13.0. The molecule has 1 atom stereocenters. The summed E-state index contributed by atoms with van der Waals surface area (Å²) >= 11 is 1.48. The van der Waals surface area contributed by atoms with E-state index in [4.69, 9.17) is 9.84 Å². The number of amides is 2. The van der Waals surface area contributed by atoms with Gasteiger partial charge in [-0.25, -0.2) is 4.79 Å². The van der Waals surface area contributed by atoms with E-state index in [0.717, 1.165) is 16.7 Å². The maximum absolute atomic E-state index is 13.0. The number of hydrogen-bond acceptors (Lipinski definition) is 5. The number of nitrogens with one attached hydrogen (secondary N) is 2. The Morgan fingerprint density at radius 2 is 1.24 bits per heavy atom. The van der Waals surface area contributed by atoms with E-state index in [2.05, 4.69) is 10.6 Å². The molecule has 194 valence electrons. The van der Waals surface area contributed by atoms with Crippen molar-refractivity contribution in [2.75, 3.05) is 12.3 Å². The van der Waals surface area contributed by atoms with E-state index in [-0.39, 0.29) is 5.75 Å². The number of carbonyl (C=O) groups is 3. The molecule has 2 amide bonds. The van der Waals surface area contributed by atoms with Crippen molar-refractivity contribution in [1.29, 1.82) is 0 Å². The number of carboxylic acids is 1. The van der Waals surface area contributed by atoms with Crippen LogP contribution in [-0.2, 0) is 19.1 Å². The lowest BCUT2D eigenvalue weighted by Gasteiger charge is -2.36. The second kappa shape index (κ2) is 12.5. The zero-order valence-electron chi connectivity index (χ0n) is 21.1. The summed E-state index contributed by atoms with van der Waals surface area (Å²) in [5.74, 6) is -1.64. The van der Waals surface area contributed by atoms with Crippen molar-refractivity contribution in [3.05, 3.63) is 108 Å². The van der Waals surface area contributed by atoms with Crippen molar-refractivity contribution in [3.8, 4) is 0 Å². The number of ether oxygens (including phenoxy) is 1. The van der Waals surface area contributed by atoms with Crippen molar-refractivity contribution >= 4 is 29.7 Å². The number of carbonyl (C=O) groups excluding carboxylic acids is 2.